The average molecular weight is 487 g/mol. The second kappa shape index (κ2) is 8.90. The number of oxime groups is 1. The molecule has 2 aromatic rings. The molecule has 1 amide bonds. The van der Waals surface area contributed by atoms with E-state index in [1.807, 2.05) is 51.4 Å². The van der Waals surface area contributed by atoms with Crippen LogP contribution in [0.2, 0.25) is 0 Å². The van der Waals surface area contributed by atoms with Gasteiger partial charge in [-0.05, 0) is 73.4 Å². The zero-order chi connectivity index (χ0) is 19.3. The van der Waals surface area contributed by atoms with Crippen molar-refractivity contribution in [2.75, 3.05) is 13.4 Å². The van der Waals surface area contributed by atoms with E-state index in [2.05, 4.69) is 42.9 Å². The fourth-order valence-corrected chi connectivity index (χ4v) is 3.32. The molecule has 6 nitrogen and oxygen atoms in total. The molecule has 0 saturated carbocycles. The van der Waals surface area contributed by atoms with Gasteiger partial charge in [0.2, 0.25) is 5.44 Å². The molecule has 0 radical (unpaired) electrons. The first-order valence-electron chi connectivity index (χ1n) is 7.91. The minimum absolute atomic E-state index is 0.233. The monoisotopic (exact) mass is 487 g/mol. The van der Waals surface area contributed by atoms with Crippen LogP contribution in [-0.4, -0.2) is 41.4 Å². The van der Waals surface area contributed by atoms with Crippen molar-refractivity contribution in [3.63, 3.8) is 0 Å². The summed E-state index contributed by atoms with van der Waals surface area (Å²) in [6.45, 7) is 5.64. The van der Waals surface area contributed by atoms with Crippen molar-refractivity contribution in [2.24, 2.45) is 5.16 Å². The molecule has 8 heteroatoms. The van der Waals surface area contributed by atoms with E-state index in [-0.39, 0.29) is 5.91 Å². The molecular weight excluding hydrogens is 465 g/mol. The number of hydrogen-bond donors (Lipinski definition) is 1. The van der Waals surface area contributed by atoms with E-state index in [0.29, 0.717) is 5.75 Å². The van der Waals surface area contributed by atoms with Crippen molar-refractivity contribution in [1.82, 2.24) is 10.3 Å². The number of ether oxygens (including phenoxy) is 1. The topological polar surface area (TPSA) is 72.8 Å². The first-order valence-corrected chi connectivity index (χ1v) is 10.3. The number of thioether (sulfide) groups is 1. The largest absolute Gasteiger partial charge is 0.470 e. The Morgan fingerprint density at radius 2 is 2.15 bits per heavy atom. The number of halogens is 1. The SMILES string of the molecule is CO/N=C/C(C)(C)NC(=O)C(Oc1cc(C)c2ncc(I)cc2c1)SC. The quantitative estimate of drug-likeness (QED) is 0.279. The van der Waals surface area contributed by atoms with Gasteiger partial charge in [-0.2, -0.15) is 0 Å². The van der Waals surface area contributed by atoms with Crippen molar-refractivity contribution >= 4 is 57.4 Å². The standard InChI is InChI=1S/C18H22IN3O3S/c1-11-6-14(8-12-7-13(19)9-20-15(11)12)25-17(26-5)16(23)22-18(2,3)10-21-24-4/h6-10,17H,1-5H3,(H,22,23)/b21-10+. The number of benzene rings is 1. The number of carbonyl (C=O) groups is 1. The summed E-state index contributed by atoms with van der Waals surface area (Å²) in [5.41, 5.74) is 0.600. The summed E-state index contributed by atoms with van der Waals surface area (Å²) in [7, 11) is 1.46. The number of nitrogens with zero attached hydrogens (tertiary/aromatic N) is 2. The highest BCUT2D eigenvalue weighted by Crippen LogP contribution is 2.27. The second-order valence-electron chi connectivity index (χ2n) is 6.28. The maximum absolute atomic E-state index is 12.6. The Kier molecular flexibility index (Phi) is 7.10. The maximum atomic E-state index is 12.6. The van der Waals surface area contributed by atoms with Crippen LogP contribution in [0.25, 0.3) is 10.9 Å². The number of pyridine rings is 1. The fourth-order valence-electron chi connectivity index (χ4n) is 2.36. The van der Waals surface area contributed by atoms with E-state index in [4.69, 9.17) is 4.74 Å². The molecule has 140 valence electrons. The highest BCUT2D eigenvalue weighted by atomic mass is 127. The summed E-state index contributed by atoms with van der Waals surface area (Å²) in [6, 6.07) is 5.85. The third-order valence-electron chi connectivity index (χ3n) is 3.51. The lowest BCUT2D eigenvalue weighted by atomic mass is 10.1. The van der Waals surface area contributed by atoms with Gasteiger partial charge in [0.05, 0.1) is 17.3 Å². The van der Waals surface area contributed by atoms with Crippen molar-refractivity contribution in [1.29, 1.82) is 0 Å². The van der Waals surface area contributed by atoms with E-state index >= 15 is 0 Å². The highest BCUT2D eigenvalue weighted by Gasteiger charge is 2.26. The lowest BCUT2D eigenvalue weighted by Crippen LogP contribution is -2.49. The number of aromatic nitrogens is 1. The van der Waals surface area contributed by atoms with E-state index in [1.54, 1.807) is 0 Å². The van der Waals surface area contributed by atoms with Crippen LogP contribution in [-0.2, 0) is 9.63 Å². The molecule has 0 fully saturated rings. The van der Waals surface area contributed by atoms with Crippen LogP contribution in [0.1, 0.15) is 19.4 Å². The summed E-state index contributed by atoms with van der Waals surface area (Å²) in [5.74, 6) is 0.403. The lowest BCUT2D eigenvalue weighted by Gasteiger charge is -2.24. The second-order valence-corrected chi connectivity index (χ2v) is 8.42. The van der Waals surface area contributed by atoms with Crippen molar-refractivity contribution in [2.45, 2.75) is 31.7 Å². The highest BCUT2D eigenvalue weighted by molar-refractivity contribution is 14.1. The van der Waals surface area contributed by atoms with Gasteiger partial charge in [0.15, 0.2) is 0 Å². The molecular formula is C18H22IN3O3S. The Bertz CT molecular complexity index is 827. The van der Waals surface area contributed by atoms with Crippen LogP contribution >= 0.6 is 34.4 Å². The minimum atomic E-state index is -0.683. The molecule has 26 heavy (non-hydrogen) atoms. The molecule has 2 rings (SSSR count). The smallest absolute Gasteiger partial charge is 0.272 e. The molecule has 1 heterocycles. The molecule has 1 unspecified atom stereocenters. The van der Waals surface area contributed by atoms with Gasteiger partial charge in [-0.15, -0.1) is 11.8 Å². The lowest BCUT2D eigenvalue weighted by molar-refractivity contribution is -0.125. The van der Waals surface area contributed by atoms with Crippen LogP contribution < -0.4 is 10.1 Å². The van der Waals surface area contributed by atoms with Crippen LogP contribution in [0, 0.1) is 10.5 Å². The van der Waals surface area contributed by atoms with Gasteiger partial charge in [0.1, 0.15) is 12.9 Å². The molecule has 0 saturated heterocycles. The van der Waals surface area contributed by atoms with Gasteiger partial charge in [0, 0.05) is 15.2 Å². The number of carbonyl (C=O) groups excluding carboxylic acids is 1. The number of rotatable bonds is 7. The molecule has 1 atom stereocenters. The third-order valence-corrected chi connectivity index (χ3v) is 4.84. The molecule has 1 aromatic carbocycles. The summed E-state index contributed by atoms with van der Waals surface area (Å²) in [6.07, 6.45) is 5.20. The van der Waals surface area contributed by atoms with Gasteiger partial charge in [-0.3, -0.25) is 9.78 Å². The molecule has 1 aromatic heterocycles. The number of fused-ring (bicyclic) bond motifs is 1. The molecule has 0 aliphatic heterocycles. The number of hydrogen-bond acceptors (Lipinski definition) is 6. The van der Waals surface area contributed by atoms with Crippen molar-refractivity contribution in [3.8, 4) is 5.75 Å². The van der Waals surface area contributed by atoms with E-state index in [1.165, 1.54) is 25.1 Å². The summed E-state index contributed by atoms with van der Waals surface area (Å²) < 4.78 is 7.00. The van der Waals surface area contributed by atoms with Gasteiger partial charge in [-0.1, -0.05) is 5.16 Å². The van der Waals surface area contributed by atoms with Gasteiger partial charge in [-0.25, -0.2) is 0 Å². The molecule has 0 aliphatic rings. The predicted octanol–water partition coefficient (Wildman–Crippen LogP) is 3.74. The maximum Gasteiger partial charge on any atom is 0.272 e. The Morgan fingerprint density at radius 3 is 2.81 bits per heavy atom. The Labute approximate surface area is 171 Å². The Hall–Kier alpha value is -1.55. The molecule has 0 spiro atoms. The van der Waals surface area contributed by atoms with Crippen LogP contribution in [0.5, 0.6) is 5.75 Å². The van der Waals surface area contributed by atoms with Gasteiger partial charge < -0.3 is 14.9 Å². The van der Waals surface area contributed by atoms with E-state index in [0.717, 1.165) is 20.0 Å². The number of nitrogens with one attached hydrogen (secondary N) is 1. The zero-order valence-corrected chi connectivity index (χ0v) is 18.3. The summed E-state index contributed by atoms with van der Waals surface area (Å²) in [5, 5.41) is 7.61. The van der Waals surface area contributed by atoms with E-state index in [9.17, 15) is 4.79 Å². The van der Waals surface area contributed by atoms with E-state index < -0.39 is 11.0 Å². The average Bonchev–Trinajstić information content (AvgIpc) is 2.57. The summed E-state index contributed by atoms with van der Waals surface area (Å²) >= 11 is 3.55. The number of amides is 1. The fraction of sp³-hybridized carbons (Fsp3) is 0.389. The van der Waals surface area contributed by atoms with Crippen LogP contribution in [0.3, 0.4) is 0 Å². The summed E-state index contributed by atoms with van der Waals surface area (Å²) in [4.78, 5) is 21.7. The Balaban J connectivity index is 2.20. The minimum Gasteiger partial charge on any atom is -0.470 e. The van der Waals surface area contributed by atoms with Crippen LogP contribution in [0.15, 0.2) is 29.6 Å². The number of aryl methyl sites for hydroxylation is 1. The Morgan fingerprint density at radius 1 is 1.42 bits per heavy atom. The van der Waals surface area contributed by atoms with Crippen molar-refractivity contribution in [3.05, 3.63) is 33.5 Å². The van der Waals surface area contributed by atoms with Gasteiger partial charge >= 0.3 is 0 Å². The predicted molar refractivity (Wildman–Crippen MR) is 115 cm³/mol. The third kappa shape index (κ3) is 5.47. The normalized spacial score (nSPS) is 13.0. The van der Waals surface area contributed by atoms with Crippen LogP contribution in [0.4, 0.5) is 0 Å². The molecule has 0 aliphatic carbocycles. The first-order chi connectivity index (χ1) is 12.3. The molecule has 0 bridgehead atoms. The first kappa shape index (κ1) is 20.8. The van der Waals surface area contributed by atoms with Crippen molar-refractivity contribution < 1.29 is 14.4 Å². The zero-order valence-electron chi connectivity index (χ0n) is 15.4. The van der Waals surface area contributed by atoms with Gasteiger partial charge in [0.25, 0.3) is 5.91 Å². The molecule has 1 N–H and O–H groups in total.